The van der Waals surface area contributed by atoms with Gasteiger partial charge in [0.05, 0.1) is 32.2 Å². The number of halogens is 5. The summed E-state index contributed by atoms with van der Waals surface area (Å²) in [5, 5.41) is 17.0. The number of nitrogens with one attached hydrogen (secondary N) is 4. The van der Waals surface area contributed by atoms with Crippen molar-refractivity contribution in [2.24, 2.45) is 0 Å². The molecule has 0 atom stereocenters. The fraction of sp³-hybridized carbons (Fsp3) is 0.0909. The van der Waals surface area contributed by atoms with E-state index in [0.717, 1.165) is 74.7 Å². The molecular formula is C44H32Cl3F2N6NaO4. The average Bonchev–Trinajstić information content (AvgIpc) is 3.88. The number of aromatic hydroxyl groups is 1. The molecule has 5 N–H and O–H groups in total. The number of fused-ring (bicyclic) bond motifs is 4. The van der Waals surface area contributed by atoms with Crippen LogP contribution in [0.3, 0.4) is 0 Å². The third-order valence-corrected chi connectivity index (χ3v) is 10.4. The van der Waals surface area contributed by atoms with Crippen LogP contribution in [0.15, 0.2) is 109 Å². The monoisotopic (exact) mass is 874 g/mol. The number of phenols is 1. The number of aromatic amines is 2. The molecule has 4 aromatic heterocycles. The molecule has 0 fully saturated rings. The predicted octanol–water partition coefficient (Wildman–Crippen LogP) is 7.57. The van der Waals surface area contributed by atoms with Gasteiger partial charge in [-0.2, -0.15) is 0 Å². The number of phenolic OH excluding ortho intramolecular Hbond substituents is 1. The number of carbonyl (C=O) groups excluding carboxylic acids is 2. The average molecular weight is 876 g/mol. The van der Waals surface area contributed by atoms with Crippen LogP contribution in [0.4, 0.5) is 8.78 Å². The maximum atomic E-state index is 14.1. The molecule has 10 rings (SSSR count). The molecule has 10 nitrogen and oxygen atoms in total. The van der Waals surface area contributed by atoms with Crippen molar-refractivity contribution in [1.82, 2.24) is 30.6 Å². The Morgan fingerprint density at radius 2 is 1.13 bits per heavy atom. The van der Waals surface area contributed by atoms with E-state index in [1.165, 1.54) is 24.3 Å². The Labute approximate surface area is 380 Å². The first-order valence-electron chi connectivity index (χ1n) is 18.2. The van der Waals surface area contributed by atoms with Crippen LogP contribution in [0.2, 0.25) is 15.2 Å². The van der Waals surface area contributed by atoms with Crippen LogP contribution < -0.4 is 44.9 Å². The fourth-order valence-electron chi connectivity index (χ4n) is 6.79. The van der Waals surface area contributed by atoms with Gasteiger partial charge in [-0.15, -0.1) is 0 Å². The third kappa shape index (κ3) is 8.99. The number of nitrogens with zero attached hydrogens (tertiary/aromatic N) is 2. The van der Waals surface area contributed by atoms with Gasteiger partial charge in [0.25, 0.3) is 11.8 Å². The van der Waals surface area contributed by atoms with E-state index in [0.29, 0.717) is 29.3 Å². The molecule has 0 radical (unpaired) electrons. The van der Waals surface area contributed by atoms with Gasteiger partial charge >= 0.3 is 29.6 Å². The number of aromatic nitrogens is 4. The summed E-state index contributed by atoms with van der Waals surface area (Å²) in [4.78, 5) is 39.7. The zero-order chi connectivity index (χ0) is 41.2. The number of hydrogen-bond donors (Lipinski definition) is 5. The molecule has 2 amide bonds. The quantitative estimate of drug-likeness (QED) is 0.0912. The normalized spacial score (nSPS) is 12.8. The molecule has 298 valence electrons. The third-order valence-electron chi connectivity index (χ3n) is 9.63. The molecule has 16 heteroatoms. The molecule has 60 heavy (non-hydrogen) atoms. The van der Waals surface area contributed by atoms with Crippen LogP contribution in [0, 0.1) is 11.6 Å². The molecule has 0 saturated carbocycles. The van der Waals surface area contributed by atoms with E-state index in [2.05, 4.69) is 30.6 Å². The van der Waals surface area contributed by atoms with Crippen LogP contribution >= 0.6 is 34.8 Å². The first-order chi connectivity index (χ1) is 28.5. The molecule has 0 bridgehead atoms. The Balaban J connectivity index is 0.000000170. The molecule has 0 spiro atoms. The van der Waals surface area contributed by atoms with E-state index in [4.69, 9.17) is 44.6 Å². The van der Waals surface area contributed by atoms with Crippen molar-refractivity contribution in [3.05, 3.63) is 159 Å². The smallest absolute Gasteiger partial charge is 1.00 e. The number of rotatable bonds is 4. The number of pyridine rings is 2. The van der Waals surface area contributed by atoms with Gasteiger partial charge < -0.3 is 31.9 Å². The van der Waals surface area contributed by atoms with Gasteiger partial charge in [0.1, 0.15) is 5.15 Å². The van der Waals surface area contributed by atoms with Crippen LogP contribution in [-0.2, 0) is 12.8 Å². The summed E-state index contributed by atoms with van der Waals surface area (Å²) in [6.07, 6.45) is 1.57. The Morgan fingerprint density at radius 3 is 1.67 bits per heavy atom. The van der Waals surface area contributed by atoms with Crippen molar-refractivity contribution >= 4 is 68.4 Å². The molecule has 8 aromatic rings. The minimum atomic E-state index is -0.692. The molecular weight excluding hydrogens is 844 g/mol. The molecule has 4 aromatic carbocycles. The Morgan fingerprint density at radius 1 is 0.617 bits per heavy atom. The van der Waals surface area contributed by atoms with Gasteiger partial charge in [-0.1, -0.05) is 83.3 Å². The summed E-state index contributed by atoms with van der Waals surface area (Å²) < 4.78 is 32.0. The minimum Gasteiger partial charge on any atom is -1.00 e. The van der Waals surface area contributed by atoms with Gasteiger partial charge in [-0.25, -0.2) is 18.7 Å². The second kappa shape index (κ2) is 18.4. The molecule has 6 heterocycles. The number of benzene rings is 4. The van der Waals surface area contributed by atoms with E-state index in [-0.39, 0.29) is 64.5 Å². The first kappa shape index (κ1) is 42.6. The molecule has 2 aliphatic heterocycles. The first-order valence-corrected chi connectivity index (χ1v) is 19.4. The van der Waals surface area contributed by atoms with Crippen LogP contribution in [0.5, 0.6) is 17.4 Å². The molecule has 0 saturated heterocycles. The number of amides is 2. The largest absolute Gasteiger partial charge is 1.00 e. The Hall–Kier alpha value is -5.47. The second-order valence-corrected chi connectivity index (χ2v) is 14.6. The molecule has 2 aliphatic rings. The van der Waals surface area contributed by atoms with Gasteiger partial charge in [0, 0.05) is 76.7 Å². The SMILES string of the molecule is O=C1NCCc2[nH]c(-c3cccc4ccc(Cl)nc34)cc21.O=C1NCCc2[nH]c(-c3cccc4ccc(Oc5c(F)cccc5Cl)nc34)cc21.Oc1c(F)cccc1Cl.[H-].[Na+]. The summed E-state index contributed by atoms with van der Waals surface area (Å²) in [5.41, 5.74) is 8.25. The zero-order valence-corrected chi connectivity index (χ0v) is 35.9. The van der Waals surface area contributed by atoms with Crippen LogP contribution in [0.1, 0.15) is 33.5 Å². The summed E-state index contributed by atoms with van der Waals surface area (Å²) in [5.74, 6) is -1.68. The van der Waals surface area contributed by atoms with Gasteiger partial charge in [0.15, 0.2) is 23.1 Å². The van der Waals surface area contributed by atoms with Gasteiger partial charge in [-0.05, 0) is 54.6 Å². The van der Waals surface area contributed by atoms with E-state index >= 15 is 0 Å². The van der Waals surface area contributed by atoms with Crippen LogP contribution in [-0.4, -0.2) is 49.9 Å². The maximum absolute atomic E-state index is 14.1. The van der Waals surface area contributed by atoms with E-state index in [1.54, 1.807) is 18.2 Å². The fourth-order valence-corrected chi connectivity index (χ4v) is 7.31. The number of hydrogen-bond acceptors (Lipinski definition) is 6. The molecule has 0 unspecified atom stereocenters. The minimum absolute atomic E-state index is 0. The van der Waals surface area contributed by atoms with Crippen molar-refractivity contribution in [1.29, 1.82) is 0 Å². The van der Waals surface area contributed by atoms with Gasteiger partial charge in [-0.3, -0.25) is 9.59 Å². The second-order valence-electron chi connectivity index (χ2n) is 13.4. The number of H-pyrrole nitrogens is 2. The van der Waals surface area contributed by atoms with E-state index in [9.17, 15) is 18.4 Å². The van der Waals surface area contributed by atoms with Crippen molar-refractivity contribution in [2.75, 3.05) is 13.1 Å². The molecule has 0 aliphatic carbocycles. The predicted molar refractivity (Wildman–Crippen MR) is 226 cm³/mol. The maximum Gasteiger partial charge on any atom is 1.00 e. The van der Waals surface area contributed by atoms with Crippen molar-refractivity contribution in [2.45, 2.75) is 12.8 Å². The zero-order valence-electron chi connectivity index (χ0n) is 32.7. The summed E-state index contributed by atoms with van der Waals surface area (Å²) in [7, 11) is 0. The number of carbonyl (C=O) groups is 2. The van der Waals surface area contributed by atoms with Crippen molar-refractivity contribution in [3.8, 4) is 39.9 Å². The Bertz CT molecular complexity index is 2890. The van der Waals surface area contributed by atoms with Crippen molar-refractivity contribution < 1.29 is 59.2 Å². The Kier molecular flexibility index (Phi) is 13.1. The van der Waals surface area contributed by atoms with Crippen molar-refractivity contribution in [3.63, 3.8) is 0 Å². The van der Waals surface area contributed by atoms with E-state index in [1.807, 2.05) is 60.7 Å². The number of ether oxygens (including phenoxy) is 1. The van der Waals surface area contributed by atoms with Gasteiger partial charge in [0.2, 0.25) is 5.88 Å². The van der Waals surface area contributed by atoms with Crippen LogP contribution in [0.25, 0.3) is 44.3 Å². The topological polar surface area (TPSA) is 145 Å². The summed E-state index contributed by atoms with van der Waals surface area (Å²) in [6.45, 7) is 1.28. The summed E-state index contributed by atoms with van der Waals surface area (Å²) >= 11 is 17.4. The number of para-hydroxylation sites is 4. The van der Waals surface area contributed by atoms with E-state index < -0.39 is 17.4 Å². The standard InChI is InChI=1S/C22H15ClFN3O2.C16H12ClN3O.C6H4ClFO.Na.H/c23-15-5-2-6-16(24)21(15)29-19-8-7-12-3-1-4-13(20(12)27-19)18-11-14-17(26-18)9-10-25-22(14)28;17-14-5-4-9-2-1-3-10(15(9)20-14)13-8-11-12(19-13)6-7-18-16(11)21;7-4-2-1-3-5(8)6(4)9;;/h1-8,11,26H,9-10H2,(H,25,28);1-5,8,19H,6-7H2,(H,18,21);1-3,9H;;/q;;;+1;-1. The summed E-state index contributed by atoms with van der Waals surface area (Å²) in [6, 6.07) is 31.0.